The fourth-order valence-electron chi connectivity index (χ4n) is 1.55. The molecule has 1 aromatic rings. The molecule has 0 unspecified atom stereocenters. The summed E-state index contributed by atoms with van der Waals surface area (Å²) in [5.74, 6) is 0.808. The molecule has 0 aliphatic heterocycles. The van der Waals surface area contributed by atoms with Gasteiger partial charge in [-0.3, -0.25) is 0 Å². The Labute approximate surface area is 116 Å². The molecule has 108 valence electrons. The van der Waals surface area contributed by atoms with Crippen LogP contribution in [0.3, 0.4) is 0 Å². The Morgan fingerprint density at radius 1 is 1.26 bits per heavy atom. The molecule has 0 amide bonds. The molecule has 0 aliphatic rings. The minimum absolute atomic E-state index is 0.0558. The van der Waals surface area contributed by atoms with Crippen molar-refractivity contribution in [3.63, 3.8) is 0 Å². The molecular weight excluding hydrogens is 262 g/mol. The molecule has 0 atom stereocenters. The number of benzene rings is 1. The highest BCUT2D eigenvalue weighted by Gasteiger charge is 2.16. The van der Waals surface area contributed by atoms with Crippen LogP contribution in [0.5, 0.6) is 5.75 Å². The van der Waals surface area contributed by atoms with E-state index in [1.807, 2.05) is 31.2 Å². The largest absolute Gasteiger partial charge is 0.492 e. The van der Waals surface area contributed by atoms with E-state index < -0.39 is 9.84 Å². The summed E-state index contributed by atoms with van der Waals surface area (Å²) in [7, 11) is -3.04. The summed E-state index contributed by atoms with van der Waals surface area (Å²) in [5.41, 5.74) is 1.05. The lowest BCUT2D eigenvalue weighted by Crippen LogP contribution is -2.22. The SMILES string of the molecule is CCNCc1ccccc1OCCS(=O)(=O)C(C)C. The molecule has 0 saturated heterocycles. The summed E-state index contributed by atoms with van der Waals surface area (Å²) in [6.07, 6.45) is 0. The third-order valence-electron chi connectivity index (χ3n) is 2.88. The second-order valence-electron chi connectivity index (χ2n) is 4.65. The smallest absolute Gasteiger partial charge is 0.155 e. The van der Waals surface area contributed by atoms with Gasteiger partial charge in [0, 0.05) is 12.1 Å². The van der Waals surface area contributed by atoms with Gasteiger partial charge in [0.15, 0.2) is 9.84 Å². The highest BCUT2D eigenvalue weighted by molar-refractivity contribution is 7.91. The van der Waals surface area contributed by atoms with E-state index in [2.05, 4.69) is 5.32 Å². The number of para-hydroxylation sites is 1. The maximum Gasteiger partial charge on any atom is 0.155 e. The first-order valence-electron chi connectivity index (χ1n) is 6.60. The molecule has 0 fully saturated rings. The average molecular weight is 285 g/mol. The third-order valence-corrected chi connectivity index (χ3v) is 5.05. The minimum atomic E-state index is -3.04. The third kappa shape index (κ3) is 5.20. The zero-order valence-electron chi connectivity index (χ0n) is 11.8. The first-order chi connectivity index (χ1) is 8.97. The summed E-state index contributed by atoms with van der Waals surface area (Å²) in [4.78, 5) is 0. The molecule has 4 nitrogen and oxygen atoms in total. The van der Waals surface area contributed by atoms with Gasteiger partial charge < -0.3 is 10.1 Å². The normalized spacial score (nSPS) is 11.8. The van der Waals surface area contributed by atoms with Crippen LogP contribution >= 0.6 is 0 Å². The molecule has 1 rings (SSSR count). The van der Waals surface area contributed by atoms with E-state index in [0.29, 0.717) is 0 Å². The molecule has 0 aliphatic carbocycles. The van der Waals surface area contributed by atoms with Crippen molar-refractivity contribution in [1.29, 1.82) is 0 Å². The van der Waals surface area contributed by atoms with E-state index in [0.717, 1.165) is 24.4 Å². The number of sulfone groups is 1. The van der Waals surface area contributed by atoms with E-state index in [1.165, 1.54) is 0 Å². The van der Waals surface area contributed by atoms with Gasteiger partial charge in [-0.25, -0.2) is 8.42 Å². The Morgan fingerprint density at radius 2 is 1.95 bits per heavy atom. The zero-order chi connectivity index (χ0) is 14.3. The topological polar surface area (TPSA) is 55.4 Å². The van der Waals surface area contributed by atoms with Gasteiger partial charge in [0.2, 0.25) is 0 Å². The van der Waals surface area contributed by atoms with Crippen LogP contribution in [0.25, 0.3) is 0 Å². The summed E-state index contributed by atoms with van der Waals surface area (Å²) in [5, 5.41) is 2.88. The van der Waals surface area contributed by atoms with Crippen LogP contribution in [0.2, 0.25) is 0 Å². The lowest BCUT2D eigenvalue weighted by molar-refractivity contribution is 0.336. The molecule has 1 aromatic carbocycles. The lowest BCUT2D eigenvalue weighted by Gasteiger charge is -2.12. The molecule has 0 bridgehead atoms. The van der Waals surface area contributed by atoms with Crippen molar-refractivity contribution < 1.29 is 13.2 Å². The fourth-order valence-corrected chi connectivity index (χ4v) is 2.34. The van der Waals surface area contributed by atoms with Crippen LogP contribution in [0.1, 0.15) is 26.3 Å². The molecule has 0 spiro atoms. The first kappa shape index (κ1) is 16.0. The van der Waals surface area contributed by atoms with Gasteiger partial charge in [0.1, 0.15) is 12.4 Å². The summed E-state index contributed by atoms with van der Waals surface area (Å²) in [6.45, 7) is 7.23. The quantitative estimate of drug-likeness (QED) is 0.793. The number of ether oxygens (including phenoxy) is 1. The Bertz CT molecular complexity index is 483. The van der Waals surface area contributed by atoms with Gasteiger partial charge in [-0.2, -0.15) is 0 Å². The first-order valence-corrected chi connectivity index (χ1v) is 8.32. The number of nitrogens with one attached hydrogen (secondary N) is 1. The fraction of sp³-hybridized carbons (Fsp3) is 0.571. The highest BCUT2D eigenvalue weighted by Crippen LogP contribution is 2.17. The number of rotatable bonds is 8. The van der Waals surface area contributed by atoms with Crippen LogP contribution in [0.15, 0.2) is 24.3 Å². The van der Waals surface area contributed by atoms with E-state index in [-0.39, 0.29) is 17.6 Å². The van der Waals surface area contributed by atoms with E-state index in [1.54, 1.807) is 13.8 Å². The highest BCUT2D eigenvalue weighted by atomic mass is 32.2. The standard InChI is InChI=1S/C14H23NO3S/c1-4-15-11-13-7-5-6-8-14(13)18-9-10-19(16,17)12(2)3/h5-8,12,15H,4,9-11H2,1-3H3. The van der Waals surface area contributed by atoms with Crippen LogP contribution in [0.4, 0.5) is 0 Å². The van der Waals surface area contributed by atoms with Gasteiger partial charge in [-0.1, -0.05) is 25.1 Å². The minimum Gasteiger partial charge on any atom is -0.492 e. The summed E-state index contributed by atoms with van der Waals surface area (Å²) < 4.78 is 29.0. The zero-order valence-corrected chi connectivity index (χ0v) is 12.7. The van der Waals surface area contributed by atoms with Crippen molar-refractivity contribution >= 4 is 9.84 Å². The van der Waals surface area contributed by atoms with Gasteiger partial charge in [0.05, 0.1) is 11.0 Å². The van der Waals surface area contributed by atoms with Gasteiger partial charge in [-0.05, 0) is 26.5 Å². The maximum atomic E-state index is 11.7. The van der Waals surface area contributed by atoms with Crippen LogP contribution in [0, 0.1) is 0 Å². The van der Waals surface area contributed by atoms with Gasteiger partial charge >= 0.3 is 0 Å². The van der Waals surface area contributed by atoms with Gasteiger partial charge in [-0.15, -0.1) is 0 Å². The number of hydrogen-bond donors (Lipinski definition) is 1. The van der Waals surface area contributed by atoms with Crippen molar-refractivity contribution in [2.24, 2.45) is 0 Å². The Morgan fingerprint density at radius 3 is 2.58 bits per heavy atom. The van der Waals surface area contributed by atoms with Crippen molar-refractivity contribution in [1.82, 2.24) is 5.32 Å². The Kier molecular flexibility index (Phi) is 6.31. The van der Waals surface area contributed by atoms with Crippen LogP contribution in [-0.2, 0) is 16.4 Å². The van der Waals surface area contributed by atoms with Crippen molar-refractivity contribution in [3.05, 3.63) is 29.8 Å². The molecule has 5 heteroatoms. The predicted molar refractivity (Wildman–Crippen MR) is 78.2 cm³/mol. The van der Waals surface area contributed by atoms with Crippen molar-refractivity contribution in [2.45, 2.75) is 32.6 Å². The van der Waals surface area contributed by atoms with Crippen LogP contribution < -0.4 is 10.1 Å². The number of hydrogen-bond acceptors (Lipinski definition) is 4. The maximum absolute atomic E-state index is 11.7. The predicted octanol–water partition coefficient (Wildman–Crippen LogP) is 2.00. The van der Waals surface area contributed by atoms with Crippen molar-refractivity contribution in [3.8, 4) is 5.75 Å². The summed E-state index contributed by atoms with van der Waals surface area (Å²) >= 11 is 0. The molecule has 0 aromatic heterocycles. The molecule has 0 radical (unpaired) electrons. The molecule has 19 heavy (non-hydrogen) atoms. The van der Waals surface area contributed by atoms with E-state index in [9.17, 15) is 8.42 Å². The van der Waals surface area contributed by atoms with E-state index in [4.69, 9.17) is 4.74 Å². The average Bonchev–Trinajstić information content (AvgIpc) is 2.37. The van der Waals surface area contributed by atoms with Gasteiger partial charge in [0.25, 0.3) is 0 Å². The molecule has 1 N–H and O–H groups in total. The molecule has 0 saturated carbocycles. The Balaban J connectivity index is 2.58. The lowest BCUT2D eigenvalue weighted by atomic mass is 10.2. The molecular formula is C14H23NO3S. The second kappa shape index (κ2) is 7.50. The van der Waals surface area contributed by atoms with Crippen molar-refractivity contribution in [2.75, 3.05) is 18.9 Å². The van der Waals surface area contributed by atoms with E-state index >= 15 is 0 Å². The Hall–Kier alpha value is -1.07. The molecule has 0 heterocycles. The summed E-state index contributed by atoms with van der Waals surface area (Å²) in [6, 6.07) is 7.69. The van der Waals surface area contributed by atoms with Crippen LogP contribution in [-0.4, -0.2) is 32.6 Å². The second-order valence-corrected chi connectivity index (χ2v) is 7.33. The monoisotopic (exact) mass is 285 g/mol.